The van der Waals surface area contributed by atoms with Crippen LogP contribution in [0.4, 0.5) is 0 Å². The second-order valence-corrected chi connectivity index (χ2v) is 5.56. The Labute approximate surface area is 123 Å². The van der Waals surface area contributed by atoms with E-state index in [0.29, 0.717) is 11.6 Å². The van der Waals surface area contributed by atoms with Crippen molar-refractivity contribution in [3.05, 3.63) is 34.9 Å². The molecule has 0 aliphatic heterocycles. The lowest BCUT2D eigenvalue weighted by Crippen LogP contribution is -2.45. The van der Waals surface area contributed by atoms with Crippen LogP contribution in [-0.4, -0.2) is 24.4 Å². The maximum Gasteiger partial charge on any atom is 0.242 e. The predicted molar refractivity (Wildman–Crippen MR) is 78.6 cm³/mol. The van der Waals surface area contributed by atoms with E-state index < -0.39 is 6.04 Å². The second kappa shape index (κ2) is 6.27. The molecule has 1 fully saturated rings. The molecule has 1 aromatic carbocycles. The highest BCUT2D eigenvalue weighted by molar-refractivity contribution is 6.30. The summed E-state index contributed by atoms with van der Waals surface area (Å²) in [6, 6.07) is 7.09. The monoisotopic (exact) mass is 294 g/mol. The Morgan fingerprint density at radius 3 is 2.85 bits per heavy atom. The summed E-state index contributed by atoms with van der Waals surface area (Å²) in [7, 11) is 0. The van der Waals surface area contributed by atoms with Crippen LogP contribution >= 0.6 is 11.6 Å². The van der Waals surface area contributed by atoms with E-state index in [9.17, 15) is 9.59 Å². The minimum absolute atomic E-state index is 0.0506. The molecule has 2 amide bonds. The van der Waals surface area contributed by atoms with E-state index in [-0.39, 0.29) is 23.7 Å². The standard InChI is InChI=1S/C15H19ClN2O2/c1-3-17-14(19)9(2)18-15(20)13-8-12(13)10-5-4-6-11(16)7-10/h4-7,9,12-13H,3,8H2,1-2H3,(H,17,19)(H,18,20)/t9-,12-,13+/m0/s1. The second-order valence-electron chi connectivity index (χ2n) is 5.13. The Hall–Kier alpha value is -1.55. The molecule has 0 aromatic heterocycles. The van der Waals surface area contributed by atoms with Crippen molar-refractivity contribution in [3.8, 4) is 0 Å². The van der Waals surface area contributed by atoms with Gasteiger partial charge in [-0.05, 0) is 43.9 Å². The van der Waals surface area contributed by atoms with Crippen molar-refractivity contribution in [2.45, 2.75) is 32.2 Å². The number of rotatable bonds is 5. The van der Waals surface area contributed by atoms with Crippen LogP contribution in [0.25, 0.3) is 0 Å². The van der Waals surface area contributed by atoms with Crippen molar-refractivity contribution in [1.29, 1.82) is 0 Å². The lowest BCUT2D eigenvalue weighted by atomic mass is 10.1. The normalized spacial score (nSPS) is 21.9. The van der Waals surface area contributed by atoms with Crippen LogP contribution in [0.5, 0.6) is 0 Å². The number of benzene rings is 1. The quantitative estimate of drug-likeness (QED) is 0.873. The van der Waals surface area contributed by atoms with Gasteiger partial charge >= 0.3 is 0 Å². The summed E-state index contributed by atoms with van der Waals surface area (Å²) in [5, 5.41) is 6.13. The summed E-state index contributed by atoms with van der Waals surface area (Å²) in [4.78, 5) is 23.6. The molecule has 2 rings (SSSR count). The van der Waals surface area contributed by atoms with E-state index in [1.54, 1.807) is 6.92 Å². The van der Waals surface area contributed by atoms with Gasteiger partial charge in [-0.15, -0.1) is 0 Å². The number of carbonyl (C=O) groups excluding carboxylic acids is 2. The first-order valence-electron chi connectivity index (χ1n) is 6.86. The van der Waals surface area contributed by atoms with Gasteiger partial charge in [-0.3, -0.25) is 9.59 Å². The molecule has 0 saturated heterocycles. The van der Waals surface area contributed by atoms with Crippen LogP contribution in [0.1, 0.15) is 31.7 Å². The molecule has 3 atom stereocenters. The van der Waals surface area contributed by atoms with Gasteiger partial charge in [0.15, 0.2) is 0 Å². The van der Waals surface area contributed by atoms with Crippen molar-refractivity contribution in [2.75, 3.05) is 6.54 Å². The van der Waals surface area contributed by atoms with E-state index in [1.807, 2.05) is 31.2 Å². The highest BCUT2D eigenvalue weighted by atomic mass is 35.5. The zero-order valence-corrected chi connectivity index (χ0v) is 12.4. The largest absolute Gasteiger partial charge is 0.355 e. The number of hydrogen-bond acceptors (Lipinski definition) is 2. The summed E-state index contributed by atoms with van der Waals surface area (Å²) < 4.78 is 0. The molecule has 0 spiro atoms. The molecule has 1 aliphatic carbocycles. The third kappa shape index (κ3) is 3.51. The van der Waals surface area contributed by atoms with Crippen molar-refractivity contribution < 1.29 is 9.59 Å². The number of halogens is 1. The van der Waals surface area contributed by atoms with Crippen LogP contribution in [0.15, 0.2) is 24.3 Å². The molecular weight excluding hydrogens is 276 g/mol. The Morgan fingerprint density at radius 2 is 2.20 bits per heavy atom. The molecule has 0 bridgehead atoms. The van der Waals surface area contributed by atoms with Crippen LogP contribution in [-0.2, 0) is 9.59 Å². The molecule has 1 aliphatic rings. The summed E-state index contributed by atoms with van der Waals surface area (Å²) in [6.45, 7) is 4.11. The summed E-state index contributed by atoms with van der Waals surface area (Å²) >= 11 is 5.95. The third-order valence-electron chi connectivity index (χ3n) is 3.51. The zero-order valence-electron chi connectivity index (χ0n) is 11.7. The third-order valence-corrected chi connectivity index (χ3v) is 3.74. The van der Waals surface area contributed by atoms with E-state index in [4.69, 9.17) is 11.6 Å². The molecule has 1 aromatic rings. The minimum Gasteiger partial charge on any atom is -0.355 e. The van der Waals surface area contributed by atoms with Gasteiger partial charge in [-0.2, -0.15) is 0 Å². The summed E-state index contributed by atoms with van der Waals surface area (Å²) in [6.07, 6.45) is 0.814. The van der Waals surface area contributed by atoms with Gasteiger partial charge in [0.2, 0.25) is 11.8 Å². The first-order valence-corrected chi connectivity index (χ1v) is 7.24. The average Bonchev–Trinajstić information content (AvgIpc) is 3.19. The SMILES string of the molecule is CCNC(=O)[C@H](C)NC(=O)[C@@H]1C[C@H]1c1cccc(Cl)c1. The van der Waals surface area contributed by atoms with Crippen molar-refractivity contribution in [3.63, 3.8) is 0 Å². The first kappa shape index (κ1) is 14.9. The van der Waals surface area contributed by atoms with Gasteiger partial charge in [-0.25, -0.2) is 0 Å². The molecule has 4 nitrogen and oxygen atoms in total. The lowest BCUT2D eigenvalue weighted by molar-refractivity contribution is -0.129. The van der Waals surface area contributed by atoms with E-state index in [0.717, 1.165) is 12.0 Å². The lowest BCUT2D eigenvalue weighted by Gasteiger charge is -2.13. The fourth-order valence-electron chi connectivity index (χ4n) is 2.30. The summed E-state index contributed by atoms with van der Waals surface area (Å²) in [5.74, 6) is -0.0463. The molecule has 0 radical (unpaired) electrons. The van der Waals surface area contributed by atoms with Gasteiger partial charge in [0, 0.05) is 17.5 Å². The zero-order chi connectivity index (χ0) is 14.7. The molecule has 0 unspecified atom stereocenters. The molecule has 108 valence electrons. The Bertz CT molecular complexity index is 518. The van der Waals surface area contributed by atoms with Crippen molar-refractivity contribution in [1.82, 2.24) is 10.6 Å². The molecule has 2 N–H and O–H groups in total. The Balaban J connectivity index is 1.88. The van der Waals surface area contributed by atoms with Gasteiger partial charge < -0.3 is 10.6 Å². The maximum atomic E-state index is 12.1. The highest BCUT2D eigenvalue weighted by Crippen LogP contribution is 2.47. The topological polar surface area (TPSA) is 58.2 Å². The van der Waals surface area contributed by atoms with Crippen LogP contribution in [0.3, 0.4) is 0 Å². The molecule has 1 saturated carbocycles. The number of carbonyl (C=O) groups is 2. The van der Waals surface area contributed by atoms with Gasteiger partial charge in [0.25, 0.3) is 0 Å². The molecule has 0 heterocycles. The van der Waals surface area contributed by atoms with Crippen LogP contribution in [0.2, 0.25) is 5.02 Å². The smallest absolute Gasteiger partial charge is 0.242 e. The van der Waals surface area contributed by atoms with E-state index in [2.05, 4.69) is 10.6 Å². The van der Waals surface area contributed by atoms with Gasteiger partial charge in [0.05, 0.1) is 0 Å². The Kier molecular flexibility index (Phi) is 4.65. The fraction of sp³-hybridized carbons (Fsp3) is 0.467. The van der Waals surface area contributed by atoms with E-state index >= 15 is 0 Å². The molecule has 20 heavy (non-hydrogen) atoms. The highest BCUT2D eigenvalue weighted by Gasteiger charge is 2.44. The number of hydrogen-bond donors (Lipinski definition) is 2. The van der Waals surface area contributed by atoms with Crippen molar-refractivity contribution in [2.24, 2.45) is 5.92 Å². The molecule has 5 heteroatoms. The number of amides is 2. The van der Waals surface area contributed by atoms with Crippen LogP contribution < -0.4 is 10.6 Å². The predicted octanol–water partition coefficient (Wildman–Crippen LogP) is 2.08. The fourth-order valence-corrected chi connectivity index (χ4v) is 2.50. The number of likely N-dealkylation sites (N-methyl/N-ethyl adjacent to an activating group) is 1. The van der Waals surface area contributed by atoms with Crippen molar-refractivity contribution >= 4 is 23.4 Å². The van der Waals surface area contributed by atoms with E-state index in [1.165, 1.54) is 0 Å². The maximum absolute atomic E-state index is 12.1. The number of nitrogens with one attached hydrogen (secondary N) is 2. The average molecular weight is 295 g/mol. The molecular formula is C15H19ClN2O2. The van der Waals surface area contributed by atoms with Gasteiger partial charge in [-0.1, -0.05) is 23.7 Å². The van der Waals surface area contributed by atoms with Gasteiger partial charge in [0.1, 0.15) is 6.04 Å². The summed E-state index contributed by atoms with van der Waals surface area (Å²) in [5.41, 5.74) is 1.09. The first-order chi connectivity index (χ1) is 9.52. The van der Waals surface area contributed by atoms with Crippen LogP contribution in [0, 0.1) is 5.92 Å². The Morgan fingerprint density at radius 1 is 1.45 bits per heavy atom. The minimum atomic E-state index is -0.497.